The minimum absolute atomic E-state index is 0.0411. The molecule has 0 radical (unpaired) electrons. The number of amides is 2. The second-order valence-corrected chi connectivity index (χ2v) is 7.47. The number of carbonyl (C=O) groups is 2. The Morgan fingerprint density at radius 2 is 1.55 bits per heavy atom. The highest BCUT2D eigenvalue weighted by molar-refractivity contribution is 6.08. The van der Waals surface area contributed by atoms with Gasteiger partial charge in [0, 0.05) is 12.6 Å². The van der Waals surface area contributed by atoms with E-state index in [1.807, 2.05) is 66.7 Å². The van der Waals surface area contributed by atoms with E-state index in [9.17, 15) is 14.7 Å². The highest BCUT2D eigenvalue weighted by Gasteiger charge is 2.43. The Hall–Kier alpha value is -4.39. The number of rotatable bonds is 4. The fraction of sp³-hybridized carbons (Fsp3) is 0.115. The molecule has 1 aliphatic heterocycles. The van der Waals surface area contributed by atoms with Gasteiger partial charge in [0.05, 0.1) is 18.8 Å². The van der Waals surface area contributed by atoms with E-state index in [-0.39, 0.29) is 5.96 Å². The molecular weight excluding hydrogens is 418 g/mol. The van der Waals surface area contributed by atoms with Crippen molar-refractivity contribution >= 4 is 24.0 Å². The minimum Gasteiger partial charge on any atom is -0.497 e. The van der Waals surface area contributed by atoms with Crippen molar-refractivity contribution in [2.45, 2.75) is 6.04 Å². The summed E-state index contributed by atoms with van der Waals surface area (Å²) < 4.78 is 5.13. The van der Waals surface area contributed by atoms with Gasteiger partial charge in [0.15, 0.2) is 0 Å². The Balaban J connectivity index is 1.82. The van der Waals surface area contributed by atoms with Crippen molar-refractivity contribution in [2.75, 3.05) is 14.2 Å². The maximum atomic E-state index is 12.9. The van der Waals surface area contributed by atoms with Gasteiger partial charge in [0.1, 0.15) is 5.75 Å². The third-order valence-corrected chi connectivity index (χ3v) is 5.40. The van der Waals surface area contributed by atoms with Crippen LogP contribution in [0.5, 0.6) is 5.75 Å². The average molecular weight is 441 g/mol. The molecule has 33 heavy (non-hydrogen) atoms. The van der Waals surface area contributed by atoms with Gasteiger partial charge in [-0.3, -0.25) is 4.79 Å². The first-order valence-electron chi connectivity index (χ1n) is 10.3. The van der Waals surface area contributed by atoms with Crippen LogP contribution in [-0.4, -0.2) is 47.0 Å². The molecule has 1 unspecified atom stereocenters. The third kappa shape index (κ3) is 4.48. The summed E-state index contributed by atoms with van der Waals surface area (Å²) in [5.41, 5.74) is 2.55. The summed E-state index contributed by atoms with van der Waals surface area (Å²) in [5, 5.41) is 10.1. The monoisotopic (exact) mass is 441 g/mol. The number of benzene rings is 3. The zero-order chi connectivity index (χ0) is 23.4. The van der Waals surface area contributed by atoms with Crippen molar-refractivity contribution in [1.29, 1.82) is 0 Å². The van der Waals surface area contributed by atoms with Crippen LogP contribution in [0, 0.1) is 0 Å². The summed E-state index contributed by atoms with van der Waals surface area (Å²) in [6.45, 7) is 0. The van der Waals surface area contributed by atoms with Gasteiger partial charge in [-0.05, 0) is 41.5 Å². The van der Waals surface area contributed by atoms with E-state index in [2.05, 4.69) is 4.99 Å². The fourth-order valence-corrected chi connectivity index (χ4v) is 3.82. The van der Waals surface area contributed by atoms with Gasteiger partial charge in [-0.15, -0.1) is 0 Å². The molecule has 1 N–H and O–H groups in total. The molecule has 7 heteroatoms. The molecule has 166 valence electrons. The lowest BCUT2D eigenvalue weighted by Gasteiger charge is -2.20. The molecule has 2 amide bonds. The maximum absolute atomic E-state index is 12.9. The molecule has 0 aromatic heterocycles. The molecule has 3 aromatic rings. The number of carbonyl (C=O) groups excluding carboxylic acids is 1. The van der Waals surface area contributed by atoms with Crippen molar-refractivity contribution in [3.05, 3.63) is 107 Å². The highest BCUT2D eigenvalue weighted by atomic mass is 16.5. The number of ether oxygens (including phenoxy) is 1. The number of guanidine groups is 1. The third-order valence-electron chi connectivity index (χ3n) is 5.40. The summed E-state index contributed by atoms with van der Waals surface area (Å²) in [7, 11) is 3.28. The molecule has 1 heterocycles. The smallest absolute Gasteiger partial charge is 0.418 e. The summed E-state index contributed by atoms with van der Waals surface area (Å²) >= 11 is 0. The van der Waals surface area contributed by atoms with Gasteiger partial charge < -0.3 is 14.7 Å². The lowest BCUT2D eigenvalue weighted by atomic mass is 10.0. The number of carboxylic acid groups (broad SMARTS) is 1. The van der Waals surface area contributed by atoms with Gasteiger partial charge >= 0.3 is 6.09 Å². The first kappa shape index (κ1) is 21.8. The van der Waals surface area contributed by atoms with Crippen LogP contribution in [0.1, 0.15) is 27.5 Å². The predicted octanol–water partition coefficient (Wildman–Crippen LogP) is 4.90. The van der Waals surface area contributed by atoms with E-state index < -0.39 is 18.0 Å². The number of aliphatic imine (C=N–C) groups is 1. The van der Waals surface area contributed by atoms with Crippen LogP contribution >= 0.6 is 0 Å². The molecular formula is C26H23N3O4. The number of methoxy groups -OCH3 is 1. The Morgan fingerprint density at radius 3 is 2.12 bits per heavy atom. The SMILES string of the molecule is COc1ccc(C(=O)/N=C2\N(C(=O)O)/C(=C\c3ccccc3)C(c3ccccc3)N2C)cc1. The standard InChI is InChI=1S/C26H23N3O4/c1-28-23(19-11-7-4-8-12-19)22(17-18-9-5-3-6-10-18)29(26(31)32)25(28)27-24(30)20-13-15-21(33-2)16-14-20/h3-17,23H,1-2H3,(H,31,32)/b22-17-,27-25-. The zero-order valence-electron chi connectivity index (χ0n) is 18.3. The predicted molar refractivity (Wildman–Crippen MR) is 126 cm³/mol. The van der Waals surface area contributed by atoms with Crippen LogP contribution in [-0.2, 0) is 0 Å². The topological polar surface area (TPSA) is 82.4 Å². The van der Waals surface area contributed by atoms with Crippen LogP contribution in [0.25, 0.3) is 6.08 Å². The van der Waals surface area contributed by atoms with Gasteiger partial charge in [0.25, 0.3) is 5.91 Å². The Morgan fingerprint density at radius 1 is 0.939 bits per heavy atom. The molecule has 1 fully saturated rings. The van der Waals surface area contributed by atoms with Crippen LogP contribution in [0.4, 0.5) is 4.79 Å². The van der Waals surface area contributed by atoms with Gasteiger partial charge in [0.2, 0.25) is 5.96 Å². The fourth-order valence-electron chi connectivity index (χ4n) is 3.82. The Labute approximate surface area is 191 Å². The average Bonchev–Trinajstić information content (AvgIpc) is 3.11. The van der Waals surface area contributed by atoms with Crippen molar-refractivity contribution < 1.29 is 19.4 Å². The molecule has 3 aromatic carbocycles. The highest BCUT2D eigenvalue weighted by Crippen LogP contribution is 2.38. The molecule has 1 aliphatic rings. The van der Waals surface area contributed by atoms with Crippen molar-refractivity contribution in [1.82, 2.24) is 9.80 Å². The normalized spacial score (nSPS) is 18.1. The van der Waals surface area contributed by atoms with Crippen LogP contribution in [0.15, 0.2) is 95.6 Å². The maximum Gasteiger partial charge on any atom is 0.418 e. The quantitative estimate of drug-likeness (QED) is 0.623. The van der Waals surface area contributed by atoms with Gasteiger partial charge in [-0.2, -0.15) is 4.99 Å². The van der Waals surface area contributed by atoms with E-state index >= 15 is 0 Å². The number of likely N-dealkylation sites (N-methyl/N-ethyl adjacent to an activating group) is 1. The second-order valence-electron chi connectivity index (χ2n) is 7.47. The Bertz CT molecular complexity index is 1210. The van der Waals surface area contributed by atoms with Crippen LogP contribution < -0.4 is 4.74 Å². The van der Waals surface area contributed by atoms with Crippen molar-refractivity contribution in [3.63, 3.8) is 0 Å². The van der Waals surface area contributed by atoms with Crippen LogP contribution in [0.2, 0.25) is 0 Å². The minimum atomic E-state index is -1.22. The van der Waals surface area contributed by atoms with Gasteiger partial charge in [-0.1, -0.05) is 60.7 Å². The molecule has 1 atom stereocenters. The van der Waals surface area contributed by atoms with Crippen LogP contribution in [0.3, 0.4) is 0 Å². The lowest BCUT2D eigenvalue weighted by molar-refractivity contribution is 0.100. The van der Waals surface area contributed by atoms with E-state index in [0.29, 0.717) is 17.0 Å². The number of nitrogens with zero attached hydrogens (tertiary/aromatic N) is 3. The summed E-state index contributed by atoms with van der Waals surface area (Å²) in [5.74, 6) is 0.111. The number of hydrogen-bond donors (Lipinski definition) is 1. The van der Waals surface area contributed by atoms with Crippen molar-refractivity contribution in [3.8, 4) is 5.75 Å². The molecule has 4 rings (SSSR count). The van der Waals surface area contributed by atoms with E-state index in [1.165, 1.54) is 0 Å². The van der Waals surface area contributed by atoms with Gasteiger partial charge in [-0.25, -0.2) is 9.69 Å². The molecule has 0 bridgehead atoms. The Kier molecular flexibility index (Phi) is 6.22. The summed E-state index contributed by atoms with van der Waals surface area (Å²) in [6.07, 6.45) is 0.589. The van der Waals surface area contributed by atoms with E-state index in [0.717, 1.165) is 16.0 Å². The number of hydrogen-bond acceptors (Lipinski definition) is 3. The molecule has 0 aliphatic carbocycles. The summed E-state index contributed by atoms with van der Waals surface area (Å²) in [4.78, 5) is 32.3. The molecule has 0 spiro atoms. The molecule has 7 nitrogen and oxygen atoms in total. The van der Waals surface area contributed by atoms with E-state index in [1.54, 1.807) is 43.3 Å². The zero-order valence-corrected chi connectivity index (χ0v) is 18.3. The van der Waals surface area contributed by atoms with Crippen molar-refractivity contribution in [2.24, 2.45) is 4.99 Å². The first-order valence-corrected chi connectivity index (χ1v) is 10.3. The summed E-state index contributed by atoms with van der Waals surface area (Å²) in [6, 6.07) is 25.1. The molecule has 1 saturated heterocycles. The molecule has 0 saturated carbocycles. The van der Waals surface area contributed by atoms with E-state index in [4.69, 9.17) is 4.74 Å². The lowest BCUT2D eigenvalue weighted by Crippen LogP contribution is -2.35. The largest absolute Gasteiger partial charge is 0.497 e. The first-order chi connectivity index (χ1) is 16.0. The second kappa shape index (κ2) is 9.40.